The van der Waals surface area contributed by atoms with Crippen molar-refractivity contribution in [1.29, 1.82) is 0 Å². The summed E-state index contributed by atoms with van der Waals surface area (Å²) < 4.78 is 81.7. The van der Waals surface area contributed by atoms with Crippen LogP contribution in [-0.2, 0) is 41.2 Å². The minimum atomic E-state index is -4.65. The number of hydrogen-bond acceptors (Lipinski definition) is 12. The van der Waals surface area contributed by atoms with E-state index in [9.17, 15) is 0 Å². The van der Waals surface area contributed by atoms with Crippen LogP contribution < -0.4 is 9.59 Å². The second-order valence-electron chi connectivity index (χ2n) is 23.7. The van der Waals surface area contributed by atoms with Crippen molar-refractivity contribution >= 4 is 69.9 Å². The summed E-state index contributed by atoms with van der Waals surface area (Å²) in [5.41, 5.74) is -1.25. The molecule has 10 fully saturated rings. The van der Waals surface area contributed by atoms with Gasteiger partial charge in [-0.15, -0.1) is 0 Å². The fourth-order valence-corrected chi connectivity index (χ4v) is 61.7. The fraction of sp³-hybridized carbons (Fsp3) is 1.00. The maximum atomic E-state index is 17.2. The minimum Gasteiger partial charge on any atom is -0.817 e. The lowest BCUT2D eigenvalue weighted by Gasteiger charge is -2.67. The van der Waals surface area contributed by atoms with Crippen molar-refractivity contribution in [3.63, 3.8) is 0 Å². The van der Waals surface area contributed by atoms with Gasteiger partial charge in [-0.25, -0.2) is 0 Å². The topological polar surface area (TPSA) is 138 Å². The largest absolute Gasteiger partial charge is 0.817 e. The van der Waals surface area contributed by atoms with Crippen LogP contribution in [-0.4, -0.2) is 69.9 Å². The highest BCUT2D eigenvalue weighted by molar-refractivity contribution is 7.00. The molecule has 10 aliphatic rings. The molecule has 0 aromatic carbocycles. The van der Waals surface area contributed by atoms with E-state index in [2.05, 4.69) is 19.6 Å². The van der Waals surface area contributed by atoms with Gasteiger partial charge in [-0.1, -0.05) is 135 Å². The zero-order chi connectivity index (χ0) is 44.9. The summed E-state index contributed by atoms with van der Waals surface area (Å²) in [7, 11) is -32.8. The lowest BCUT2D eigenvalue weighted by atomic mass is 10.0. The van der Waals surface area contributed by atoms with Crippen LogP contribution in [0.25, 0.3) is 0 Å². The molecule has 0 aromatic rings. The molecule has 7 aliphatic carbocycles. The molecule has 10 rings (SSSR count). The van der Waals surface area contributed by atoms with Crippen molar-refractivity contribution in [2.24, 2.45) is 0 Å². The Bertz CT molecular complexity index is 1510. The molecule has 3 saturated heterocycles. The molecule has 4 atom stereocenters. The maximum absolute atomic E-state index is 17.2. The van der Waals surface area contributed by atoms with Crippen LogP contribution in [0.15, 0.2) is 0 Å². The molecule has 3 aliphatic heterocycles. The zero-order valence-electron chi connectivity index (χ0n) is 40.7. The summed E-state index contributed by atoms with van der Waals surface area (Å²) in [6.07, 6.45) is 33.6. The molecule has 3 heterocycles. The Hall–Kier alpha value is 1.26. The zero-order valence-corrected chi connectivity index (χ0v) is 48.7. The third-order valence-electron chi connectivity index (χ3n) is 17.7. The first-order valence-corrected chi connectivity index (χ1v) is 43.7. The summed E-state index contributed by atoms with van der Waals surface area (Å²) >= 11 is 0. The van der Waals surface area contributed by atoms with Gasteiger partial charge in [-0.05, 0) is 121 Å². The third-order valence-corrected chi connectivity index (χ3v) is 52.9. The molecular formula is C45H86O12Si8-2. The van der Waals surface area contributed by atoms with Gasteiger partial charge in [-0.3, -0.25) is 0 Å². The van der Waals surface area contributed by atoms with Crippen molar-refractivity contribution < 1.29 is 50.7 Å². The van der Waals surface area contributed by atoms with E-state index in [1.54, 1.807) is 0 Å². The Balaban J connectivity index is 1.28. The van der Waals surface area contributed by atoms with Gasteiger partial charge in [0.05, 0.1) is 0 Å². The van der Waals surface area contributed by atoms with Crippen molar-refractivity contribution in [3.8, 4) is 0 Å². The molecule has 4 bridgehead atoms. The van der Waals surface area contributed by atoms with E-state index in [1.165, 1.54) is 0 Å². The Morgan fingerprint density at radius 2 is 0.508 bits per heavy atom. The van der Waals surface area contributed by atoms with Gasteiger partial charge < -0.3 is 50.7 Å². The van der Waals surface area contributed by atoms with E-state index < -0.39 is 69.9 Å². The monoisotopic (exact) mass is 1040 g/mol. The van der Waals surface area contributed by atoms with E-state index in [4.69, 9.17) is 41.2 Å². The number of rotatable bonds is 9. The van der Waals surface area contributed by atoms with Gasteiger partial charge in [0.2, 0.25) is 17.6 Å². The Labute approximate surface area is 401 Å². The summed E-state index contributed by atoms with van der Waals surface area (Å²) in [6.45, 7) is 6.76. The third kappa shape index (κ3) is 10.3. The first-order chi connectivity index (χ1) is 31.3. The first-order valence-electron chi connectivity index (χ1n) is 27.7. The lowest BCUT2D eigenvalue weighted by molar-refractivity contribution is -0.280. The standard InChI is InChI=1S/C45H86O12Si8/c1-58(2,3)48-61(41-29-15-6-16-30-41)53-63(43-33-19-8-20-34-43)51-59(46,39-25-11-4-12-26-39)49-62(42-31-17-7-18-32-42)50-60(47,40-27-13-5-14-28-40)52-64(54-61,44-35-21-9-22-36-44)57-65(55-62,56-63)45-37-23-10-24-38-45/h39-45H,4-38H2,1-3H3/q-2. The number of fused-ring (bicyclic) bond motifs is 3. The summed E-state index contributed by atoms with van der Waals surface area (Å²) in [5.74, 6) is 0. The van der Waals surface area contributed by atoms with Gasteiger partial charge >= 0.3 is 44.0 Å². The molecule has 0 aromatic heterocycles. The van der Waals surface area contributed by atoms with E-state index in [1.807, 2.05) is 0 Å². The lowest BCUT2D eigenvalue weighted by Crippen LogP contribution is -2.88. The summed E-state index contributed by atoms with van der Waals surface area (Å²) in [6, 6.07) is 0. The van der Waals surface area contributed by atoms with E-state index in [0.717, 1.165) is 225 Å². The second-order valence-corrected chi connectivity index (χ2v) is 50.3. The molecule has 4 unspecified atom stereocenters. The van der Waals surface area contributed by atoms with Gasteiger partial charge in [0.15, 0.2) is 8.32 Å². The Kier molecular flexibility index (Phi) is 15.5. The molecule has 372 valence electrons. The highest BCUT2D eigenvalue weighted by atomic mass is 28.6. The molecule has 7 saturated carbocycles. The van der Waals surface area contributed by atoms with Gasteiger partial charge in [0.25, 0.3) is 0 Å². The quantitative estimate of drug-likeness (QED) is 0.203. The SMILES string of the molecule is C[Si](C)(C)O[Si]1(C2CCCCC2)O[Si]2(C3CCCCC3)O[Si]([O-])(C3CCCCC3)O[Si]3(C4CCCCC4)O[Si]([O-])(C4CCCCC4)O[Si](C4CCCCC4)(O1)O[Si](C1CCCCC1)(O3)O2. The molecule has 0 spiro atoms. The summed E-state index contributed by atoms with van der Waals surface area (Å²) in [5, 5.41) is 0. The van der Waals surface area contributed by atoms with Gasteiger partial charge in [-0.2, -0.15) is 0 Å². The molecular weight excluding hydrogens is 957 g/mol. The van der Waals surface area contributed by atoms with Crippen LogP contribution in [0.5, 0.6) is 0 Å². The summed E-state index contributed by atoms with van der Waals surface area (Å²) in [4.78, 5) is 34.5. The van der Waals surface area contributed by atoms with Crippen molar-refractivity contribution in [2.75, 3.05) is 0 Å². The van der Waals surface area contributed by atoms with Crippen LogP contribution in [0, 0.1) is 0 Å². The van der Waals surface area contributed by atoms with Crippen molar-refractivity contribution in [1.82, 2.24) is 0 Å². The van der Waals surface area contributed by atoms with Crippen molar-refractivity contribution in [2.45, 2.75) is 283 Å². The predicted octanol–water partition coefficient (Wildman–Crippen LogP) is 11.7. The fourth-order valence-electron chi connectivity index (χ4n) is 14.3. The van der Waals surface area contributed by atoms with Crippen LogP contribution in [0.2, 0.25) is 58.4 Å². The molecule has 0 radical (unpaired) electrons. The molecule has 0 N–H and O–H groups in total. The Morgan fingerprint density at radius 1 is 0.292 bits per heavy atom. The van der Waals surface area contributed by atoms with Crippen LogP contribution in [0.3, 0.4) is 0 Å². The molecule has 65 heavy (non-hydrogen) atoms. The van der Waals surface area contributed by atoms with E-state index in [-0.39, 0.29) is 38.8 Å². The van der Waals surface area contributed by atoms with E-state index >= 15 is 9.59 Å². The number of hydrogen-bond donors (Lipinski definition) is 0. The van der Waals surface area contributed by atoms with E-state index in [0.29, 0.717) is 0 Å². The minimum absolute atomic E-state index is 0.0451. The van der Waals surface area contributed by atoms with Crippen LogP contribution in [0.4, 0.5) is 0 Å². The predicted molar refractivity (Wildman–Crippen MR) is 262 cm³/mol. The van der Waals surface area contributed by atoms with Gasteiger partial charge in [0, 0.05) is 27.7 Å². The second kappa shape index (κ2) is 20.3. The average Bonchev–Trinajstić information content (AvgIpc) is 3.31. The van der Waals surface area contributed by atoms with Crippen LogP contribution >= 0.6 is 0 Å². The highest BCUT2D eigenvalue weighted by Gasteiger charge is 2.80. The average molecular weight is 1040 g/mol. The molecule has 0 amide bonds. The normalized spacial score (nSPS) is 43.9. The van der Waals surface area contributed by atoms with Crippen molar-refractivity contribution in [3.05, 3.63) is 0 Å². The van der Waals surface area contributed by atoms with Gasteiger partial charge in [0.1, 0.15) is 0 Å². The first kappa shape index (κ1) is 49.8. The maximum Gasteiger partial charge on any atom is 0.482 e. The molecule has 20 heteroatoms. The smallest absolute Gasteiger partial charge is 0.482 e. The highest BCUT2D eigenvalue weighted by Crippen LogP contribution is 2.61. The molecule has 12 nitrogen and oxygen atoms in total. The Morgan fingerprint density at radius 3 is 0.769 bits per heavy atom. The van der Waals surface area contributed by atoms with Crippen LogP contribution in [0.1, 0.15) is 225 Å².